The van der Waals surface area contributed by atoms with Gasteiger partial charge in [0.1, 0.15) is 12.4 Å². The Morgan fingerprint density at radius 2 is 2.04 bits per heavy atom. The molecular weight excluding hydrogens is 334 g/mol. The van der Waals surface area contributed by atoms with Gasteiger partial charge in [-0.15, -0.1) is 0 Å². The molecule has 1 atom stereocenters. The van der Waals surface area contributed by atoms with E-state index in [1.807, 2.05) is 0 Å². The van der Waals surface area contributed by atoms with E-state index in [-0.39, 0.29) is 12.0 Å². The molecule has 1 amide bonds. The summed E-state index contributed by atoms with van der Waals surface area (Å²) in [5.74, 6) is -0.229. The number of nitrogens with one attached hydrogen (secondary N) is 1. The maximum atomic E-state index is 12.5. The van der Waals surface area contributed by atoms with Crippen LogP contribution in [0.5, 0.6) is 5.75 Å². The van der Waals surface area contributed by atoms with Crippen LogP contribution in [0.25, 0.3) is 0 Å². The Morgan fingerprint density at radius 3 is 2.81 bits per heavy atom. The van der Waals surface area contributed by atoms with Crippen molar-refractivity contribution in [1.82, 2.24) is 0 Å². The molecule has 0 radical (unpaired) electrons. The SMILES string of the molecule is COC(=O)c1ccccc1NC(=O)c1cccc(OCC2CCCO2)c1. The molecule has 6 nitrogen and oxygen atoms in total. The van der Waals surface area contributed by atoms with Crippen LogP contribution in [0.2, 0.25) is 0 Å². The van der Waals surface area contributed by atoms with Crippen LogP contribution < -0.4 is 10.1 Å². The van der Waals surface area contributed by atoms with Gasteiger partial charge in [0.2, 0.25) is 0 Å². The molecule has 6 heteroatoms. The lowest BCUT2D eigenvalue weighted by Gasteiger charge is -2.13. The van der Waals surface area contributed by atoms with Crippen molar-refractivity contribution in [2.75, 3.05) is 25.6 Å². The summed E-state index contributed by atoms with van der Waals surface area (Å²) in [6.45, 7) is 1.24. The first kappa shape index (κ1) is 17.9. The minimum absolute atomic E-state index is 0.111. The normalized spacial score (nSPS) is 16.1. The van der Waals surface area contributed by atoms with Crippen LogP contribution in [0.1, 0.15) is 33.6 Å². The predicted octanol–water partition coefficient (Wildman–Crippen LogP) is 3.28. The monoisotopic (exact) mass is 355 g/mol. The predicted molar refractivity (Wildman–Crippen MR) is 96.6 cm³/mol. The van der Waals surface area contributed by atoms with Gasteiger partial charge in [-0.25, -0.2) is 4.79 Å². The van der Waals surface area contributed by atoms with Crippen molar-refractivity contribution in [3.8, 4) is 5.75 Å². The highest BCUT2D eigenvalue weighted by atomic mass is 16.5. The maximum Gasteiger partial charge on any atom is 0.339 e. The summed E-state index contributed by atoms with van der Waals surface area (Å²) >= 11 is 0. The van der Waals surface area contributed by atoms with Crippen molar-refractivity contribution in [1.29, 1.82) is 0 Å². The van der Waals surface area contributed by atoms with Gasteiger partial charge in [0.05, 0.1) is 24.5 Å². The smallest absolute Gasteiger partial charge is 0.339 e. The highest BCUT2D eigenvalue weighted by Crippen LogP contribution is 2.20. The molecule has 1 heterocycles. The number of amides is 1. The molecule has 26 heavy (non-hydrogen) atoms. The van der Waals surface area contributed by atoms with E-state index in [4.69, 9.17) is 14.2 Å². The summed E-state index contributed by atoms with van der Waals surface area (Å²) < 4.78 is 16.0. The first-order valence-electron chi connectivity index (χ1n) is 8.50. The molecule has 0 spiro atoms. The molecule has 1 N–H and O–H groups in total. The third kappa shape index (κ3) is 4.40. The molecule has 2 aromatic carbocycles. The molecule has 0 saturated carbocycles. The van der Waals surface area contributed by atoms with E-state index in [1.165, 1.54) is 7.11 Å². The summed E-state index contributed by atoms with van der Waals surface area (Å²) in [5.41, 5.74) is 1.14. The second-order valence-corrected chi connectivity index (χ2v) is 5.97. The third-order valence-corrected chi connectivity index (χ3v) is 4.14. The number of hydrogen-bond acceptors (Lipinski definition) is 5. The van der Waals surface area contributed by atoms with Crippen LogP contribution >= 0.6 is 0 Å². The van der Waals surface area contributed by atoms with Crippen molar-refractivity contribution in [2.24, 2.45) is 0 Å². The maximum absolute atomic E-state index is 12.5. The standard InChI is InChI=1S/C20H21NO5/c1-24-20(23)17-9-2-3-10-18(17)21-19(22)14-6-4-7-15(12-14)26-13-16-8-5-11-25-16/h2-4,6-7,9-10,12,16H,5,8,11,13H2,1H3,(H,21,22). The van der Waals surface area contributed by atoms with E-state index in [0.29, 0.717) is 29.2 Å². The Balaban J connectivity index is 1.68. The van der Waals surface area contributed by atoms with E-state index in [0.717, 1.165) is 19.4 Å². The van der Waals surface area contributed by atoms with Crippen LogP contribution in [0.4, 0.5) is 5.69 Å². The number of carbonyl (C=O) groups excluding carboxylic acids is 2. The zero-order valence-electron chi connectivity index (χ0n) is 14.6. The van der Waals surface area contributed by atoms with Gasteiger partial charge in [-0.1, -0.05) is 18.2 Å². The van der Waals surface area contributed by atoms with E-state index in [9.17, 15) is 9.59 Å². The Hall–Kier alpha value is -2.86. The van der Waals surface area contributed by atoms with E-state index in [2.05, 4.69) is 5.32 Å². The summed E-state index contributed by atoms with van der Waals surface area (Å²) in [7, 11) is 1.30. The van der Waals surface area contributed by atoms with Crippen LogP contribution in [0.3, 0.4) is 0 Å². The van der Waals surface area contributed by atoms with Gasteiger partial charge in [0.15, 0.2) is 0 Å². The first-order valence-corrected chi connectivity index (χ1v) is 8.50. The van der Waals surface area contributed by atoms with Crippen LogP contribution in [-0.4, -0.2) is 38.3 Å². The Bertz CT molecular complexity index is 783. The molecule has 1 fully saturated rings. The van der Waals surface area contributed by atoms with E-state index >= 15 is 0 Å². The number of ether oxygens (including phenoxy) is 3. The highest BCUT2D eigenvalue weighted by molar-refractivity contribution is 6.08. The average Bonchev–Trinajstić information content (AvgIpc) is 3.20. The summed E-state index contributed by atoms with van der Waals surface area (Å²) in [4.78, 5) is 24.4. The van der Waals surface area contributed by atoms with E-state index in [1.54, 1.807) is 48.5 Å². The molecule has 1 unspecified atom stereocenters. The number of para-hydroxylation sites is 1. The highest BCUT2D eigenvalue weighted by Gasteiger charge is 2.17. The Morgan fingerprint density at radius 1 is 1.19 bits per heavy atom. The first-order chi connectivity index (χ1) is 12.7. The van der Waals surface area contributed by atoms with Gasteiger partial charge in [0, 0.05) is 12.2 Å². The molecule has 0 bridgehead atoms. The van der Waals surface area contributed by atoms with Crippen LogP contribution in [0, 0.1) is 0 Å². The fraction of sp³-hybridized carbons (Fsp3) is 0.300. The summed E-state index contributed by atoms with van der Waals surface area (Å²) in [5, 5.41) is 2.75. The molecule has 1 saturated heterocycles. The van der Waals surface area contributed by atoms with Gasteiger partial charge < -0.3 is 19.5 Å². The minimum Gasteiger partial charge on any atom is -0.491 e. The Kier molecular flexibility index (Phi) is 5.86. The van der Waals surface area contributed by atoms with Crippen molar-refractivity contribution in [3.05, 3.63) is 59.7 Å². The average molecular weight is 355 g/mol. The number of benzene rings is 2. The Labute approximate surface area is 152 Å². The van der Waals surface area contributed by atoms with Gasteiger partial charge in [-0.05, 0) is 43.2 Å². The van der Waals surface area contributed by atoms with E-state index < -0.39 is 5.97 Å². The minimum atomic E-state index is -0.505. The third-order valence-electron chi connectivity index (χ3n) is 4.14. The lowest BCUT2D eigenvalue weighted by Crippen LogP contribution is -2.17. The number of anilines is 1. The van der Waals surface area contributed by atoms with Crippen molar-refractivity contribution < 1.29 is 23.8 Å². The second kappa shape index (κ2) is 8.49. The summed E-state index contributed by atoms with van der Waals surface area (Å²) in [6, 6.07) is 13.6. The molecule has 136 valence electrons. The second-order valence-electron chi connectivity index (χ2n) is 5.97. The van der Waals surface area contributed by atoms with Crippen LogP contribution in [-0.2, 0) is 9.47 Å². The fourth-order valence-corrected chi connectivity index (χ4v) is 2.77. The molecule has 0 aromatic heterocycles. The molecule has 3 rings (SSSR count). The molecule has 2 aromatic rings. The number of carbonyl (C=O) groups is 2. The summed E-state index contributed by atoms with van der Waals surface area (Å²) in [6.07, 6.45) is 2.15. The van der Waals surface area contributed by atoms with Gasteiger partial charge in [-0.3, -0.25) is 4.79 Å². The number of rotatable bonds is 6. The number of methoxy groups -OCH3 is 1. The molecule has 1 aliphatic rings. The van der Waals surface area contributed by atoms with Gasteiger partial charge >= 0.3 is 5.97 Å². The van der Waals surface area contributed by atoms with Gasteiger partial charge in [-0.2, -0.15) is 0 Å². The topological polar surface area (TPSA) is 73.9 Å². The lowest BCUT2D eigenvalue weighted by atomic mass is 10.1. The molecule has 1 aliphatic heterocycles. The zero-order valence-corrected chi connectivity index (χ0v) is 14.6. The number of hydrogen-bond donors (Lipinski definition) is 1. The zero-order chi connectivity index (χ0) is 18.4. The largest absolute Gasteiger partial charge is 0.491 e. The molecule has 0 aliphatic carbocycles. The quantitative estimate of drug-likeness (QED) is 0.805. The number of esters is 1. The van der Waals surface area contributed by atoms with Crippen molar-refractivity contribution in [3.63, 3.8) is 0 Å². The van der Waals surface area contributed by atoms with Crippen molar-refractivity contribution >= 4 is 17.6 Å². The van der Waals surface area contributed by atoms with Crippen LogP contribution in [0.15, 0.2) is 48.5 Å². The molecular formula is C20H21NO5. The lowest BCUT2D eigenvalue weighted by molar-refractivity contribution is 0.0602. The van der Waals surface area contributed by atoms with Gasteiger partial charge in [0.25, 0.3) is 5.91 Å². The fourth-order valence-electron chi connectivity index (χ4n) is 2.77. The van der Waals surface area contributed by atoms with Crippen molar-refractivity contribution in [2.45, 2.75) is 18.9 Å².